The Morgan fingerprint density at radius 2 is 1.85 bits per heavy atom. The lowest BCUT2D eigenvalue weighted by molar-refractivity contribution is 0.0995. The fraction of sp³-hybridized carbons (Fsp3) is 0.273. The average Bonchev–Trinajstić information content (AvgIpc) is 2.66. The molecule has 0 unspecified atom stereocenters. The molecule has 0 bridgehead atoms. The molecular weight excluding hydrogens is 338 g/mol. The summed E-state index contributed by atoms with van der Waals surface area (Å²) in [5, 5.41) is 5.65. The first-order chi connectivity index (χ1) is 13.0. The lowest BCUT2D eigenvalue weighted by Gasteiger charge is -2.13. The summed E-state index contributed by atoms with van der Waals surface area (Å²) < 4.78 is 5.96. The summed E-state index contributed by atoms with van der Waals surface area (Å²) in [6.45, 7) is 6.26. The molecule has 5 heteroatoms. The van der Waals surface area contributed by atoms with E-state index in [9.17, 15) is 4.79 Å². The minimum atomic E-state index is -0.576. The summed E-state index contributed by atoms with van der Waals surface area (Å²) in [5.41, 5.74) is 6.70. The van der Waals surface area contributed by atoms with Crippen molar-refractivity contribution in [2.24, 2.45) is 11.7 Å². The zero-order valence-corrected chi connectivity index (χ0v) is 15.7. The lowest BCUT2D eigenvalue weighted by Crippen LogP contribution is -2.16. The molecule has 0 aliphatic carbocycles. The van der Waals surface area contributed by atoms with Crippen molar-refractivity contribution >= 4 is 16.7 Å². The fourth-order valence-electron chi connectivity index (χ4n) is 2.91. The van der Waals surface area contributed by atoms with Crippen LogP contribution < -0.4 is 15.8 Å². The maximum atomic E-state index is 11.3. The molecule has 1 heterocycles. The quantitative estimate of drug-likeness (QED) is 0.586. The highest BCUT2D eigenvalue weighted by Crippen LogP contribution is 2.31. The van der Waals surface area contributed by atoms with Gasteiger partial charge in [0.15, 0.2) is 0 Å². The number of hydrogen-bond acceptors (Lipinski definition) is 4. The average molecular weight is 363 g/mol. The van der Waals surface area contributed by atoms with E-state index in [0.717, 1.165) is 30.3 Å². The minimum Gasteiger partial charge on any atom is -0.438 e. The number of nitrogens with two attached hydrogens (primary N) is 1. The number of ether oxygens (including phenoxy) is 1. The Morgan fingerprint density at radius 1 is 1.07 bits per heavy atom. The molecule has 27 heavy (non-hydrogen) atoms. The number of primary amides is 1. The van der Waals surface area contributed by atoms with E-state index in [4.69, 9.17) is 10.5 Å². The molecule has 0 atom stereocenters. The van der Waals surface area contributed by atoms with E-state index in [2.05, 4.69) is 36.3 Å². The number of pyridine rings is 1. The number of fused-ring (bicyclic) bond motifs is 1. The number of nitrogens with zero attached hydrogens (tertiary/aromatic N) is 1. The second kappa shape index (κ2) is 8.64. The predicted molar refractivity (Wildman–Crippen MR) is 108 cm³/mol. The number of carbonyl (C=O) groups is 1. The molecular formula is C22H25N3O2. The van der Waals surface area contributed by atoms with E-state index < -0.39 is 5.91 Å². The highest BCUT2D eigenvalue weighted by atomic mass is 16.5. The third-order valence-corrected chi connectivity index (χ3v) is 4.38. The van der Waals surface area contributed by atoms with Crippen LogP contribution >= 0.6 is 0 Å². The molecule has 3 aromatic rings. The summed E-state index contributed by atoms with van der Waals surface area (Å²) in [6, 6.07) is 17.1. The first kappa shape index (κ1) is 18.9. The van der Waals surface area contributed by atoms with Crippen molar-refractivity contribution in [3.05, 3.63) is 65.9 Å². The highest BCUT2D eigenvalue weighted by Gasteiger charge is 2.10. The van der Waals surface area contributed by atoms with Crippen LogP contribution in [-0.2, 0) is 6.54 Å². The maximum Gasteiger partial charge on any atom is 0.267 e. The SMILES string of the molecule is CC(C)CCNCc1ccc(Oc2cccc(C(N)=O)n2)c2ccccc12. The van der Waals surface area contributed by atoms with Crippen LogP contribution in [-0.4, -0.2) is 17.4 Å². The van der Waals surface area contributed by atoms with Gasteiger partial charge in [0.2, 0.25) is 5.88 Å². The number of aromatic nitrogens is 1. The number of benzene rings is 2. The van der Waals surface area contributed by atoms with Crippen molar-refractivity contribution in [2.45, 2.75) is 26.8 Å². The summed E-state index contributed by atoms with van der Waals surface area (Å²) in [7, 11) is 0. The molecule has 3 rings (SSSR count). The third-order valence-electron chi connectivity index (χ3n) is 4.38. The molecule has 0 fully saturated rings. The molecule has 3 N–H and O–H groups in total. The summed E-state index contributed by atoms with van der Waals surface area (Å²) in [6.07, 6.45) is 1.15. The van der Waals surface area contributed by atoms with Crippen molar-refractivity contribution in [3.8, 4) is 11.6 Å². The Balaban J connectivity index is 1.84. The highest BCUT2D eigenvalue weighted by molar-refractivity contribution is 5.92. The Bertz CT molecular complexity index is 938. The van der Waals surface area contributed by atoms with Gasteiger partial charge in [0.25, 0.3) is 5.91 Å². The van der Waals surface area contributed by atoms with Crippen molar-refractivity contribution < 1.29 is 9.53 Å². The van der Waals surface area contributed by atoms with Gasteiger partial charge in [-0.2, -0.15) is 0 Å². The van der Waals surface area contributed by atoms with E-state index in [1.54, 1.807) is 18.2 Å². The third kappa shape index (κ3) is 4.83. The minimum absolute atomic E-state index is 0.183. The molecule has 5 nitrogen and oxygen atoms in total. The summed E-state index contributed by atoms with van der Waals surface area (Å²) >= 11 is 0. The normalized spacial score (nSPS) is 11.1. The van der Waals surface area contributed by atoms with E-state index in [1.807, 2.05) is 24.3 Å². The number of rotatable bonds is 8. The van der Waals surface area contributed by atoms with Gasteiger partial charge in [-0.1, -0.05) is 50.2 Å². The Hall–Kier alpha value is -2.92. The first-order valence-corrected chi connectivity index (χ1v) is 9.20. The Morgan fingerprint density at radius 3 is 2.59 bits per heavy atom. The van der Waals surface area contributed by atoms with Gasteiger partial charge in [-0.05, 0) is 42.0 Å². The molecule has 0 aliphatic rings. The molecule has 0 aliphatic heterocycles. The van der Waals surface area contributed by atoms with E-state index >= 15 is 0 Å². The monoisotopic (exact) mass is 363 g/mol. The number of hydrogen-bond donors (Lipinski definition) is 2. The lowest BCUT2D eigenvalue weighted by atomic mass is 10.0. The first-order valence-electron chi connectivity index (χ1n) is 9.20. The Kier molecular flexibility index (Phi) is 6.04. The van der Waals surface area contributed by atoms with Crippen molar-refractivity contribution in [1.82, 2.24) is 10.3 Å². The van der Waals surface area contributed by atoms with Crippen molar-refractivity contribution in [2.75, 3.05) is 6.54 Å². The molecule has 140 valence electrons. The molecule has 0 radical (unpaired) electrons. The van der Waals surface area contributed by atoms with Gasteiger partial charge in [-0.25, -0.2) is 4.98 Å². The Labute approximate surface area is 159 Å². The van der Waals surface area contributed by atoms with Crippen LogP contribution in [0.25, 0.3) is 10.8 Å². The molecule has 1 aromatic heterocycles. The zero-order valence-electron chi connectivity index (χ0n) is 15.7. The van der Waals surface area contributed by atoms with Crippen molar-refractivity contribution in [3.63, 3.8) is 0 Å². The molecule has 0 saturated carbocycles. The smallest absolute Gasteiger partial charge is 0.267 e. The number of carbonyl (C=O) groups excluding carboxylic acids is 1. The summed E-state index contributed by atoms with van der Waals surface area (Å²) in [4.78, 5) is 15.5. The molecule has 0 spiro atoms. The van der Waals surface area contributed by atoms with Gasteiger partial charge in [-0.3, -0.25) is 4.79 Å². The maximum absolute atomic E-state index is 11.3. The van der Waals surface area contributed by atoms with Gasteiger partial charge in [0.05, 0.1) is 0 Å². The van der Waals surface area contributed by atoms with E-state index in [0.29, 0.717) is 17.5 Å². The zero-order chi connectivity index (χ0) is 19.2. The standard InChI is InChI=1S/C22H25N3O2/c1-15(2)12-13-24-14-16-10-11-20(18-7-4-3-6-17(16)18)27-21-9-5-8-19(25-21)22(23)26/h3-11,15,24H,12-14H2,1-2H3,(H2,23,26). The molecule has 2 aromatic carbocycles. The fourth-order valence-corrected chi connectivity index (χ4v) is 2.91. The van der Waals surface area contributed by atoms with Crippen LogP contribution in [0.15, 0.2) is 54.6 Å². The van der Waals surface area contributed by atoms with Crippen LogP contribution in [0, 0.1) is 5.92 Å². The van der Waals surface area contributed by atoms with Gasteiger partial charge >= 0.3 is 0 Å². The van der Waals surface area contributed by atoms with Crippen LogP contribution in [0.1, 0.15) is 36.3 Å². The van der Waals surface area contributed by atoms with Crippen LogP contribution in [0.3, 0.4) is 0 Å². The van der Waals surface area contributed by atoms with Crippen LogP contribution in [0.2, 0.25) is 0 Å². The second-order valence-corrected chi connectivity index (χ2v) is 6.96. The number of amides is 1. The van der Waals surface area contributed by atoms with Crippen LogP contribution in [0.5, 0.6) is 11.6 Å². The van der Waals surface area contributed by atoms with Crippen LogP contribution in [0.4, 0.5) is 0 Å². The van der Waals surface area contributed by atoms with E-state index in [-0.39, 0.29) is 5.69 Å². The number of nitrogens with one attached hydrogen (secondary N) is 1. The summed E-state index contributed by atoms with van der Waals surface area (Å²) in [5.74, 6) is 1.16. The van der Waals surface area contributed by atoms with Crippen molar-refractivity contribution in [1.29, 1.82) is 0 Å². The van der Waals surface area contributed by atoms with Gasteiger partial charge in [0.1, 0.15) is 11.4 Å². The second-order valence-electron chi connectivity index (χ2n) is 6.96. The largest absolute Gasteiger partial charge is 0.438 e. The molecule has 1 amide bonds. The van der Waals surface area contributed by atoms with Gasteiger partial charge in [0, 0.05) is 18.0 Å². The predicted octanol–water partition coefficient (Wildman–Crippen LogP) is 4.26. The van der Waals surface area contributed by atoms with Gasteiger partial charge < -0.3 is 15.8 Å². The van der Waals surface area contributed by atoms with Gasteiger partial charge in [-0.15, -0.1) is 0 Å². The molecule has 0 saturated heterocycles. The topological polar surface area (TPSA) is 77.2 Å². The van der Waals surface area contributed by atoms with E-state index in [1.165, 1.54) is 5.56 Å².